The number of aliphatic hydroxyl groups excluding tert-OH is 1. The number of carbonyl (C=O) groups is 1. The average molecular weight is 246 g/mol. The van der Waals surface area contributed by atoms with E-state index in [1.54, 1.807) is 27.8 Å². The van der Waals surface area contributed by atoms with Gasteiger partial charge in [-0.1, -0.05) is 19.1 Å². The molecule has 94 valence electrons. The van der Waals surface area contributed by atoms with Gasteiger partial charge in [-0.25, -0.2) is 0 Å². The van der Waals surface area contributed by atoms with Gasteiger partial charge in [-0.05, 0) is 27.2 Å². The second kappa shape index (κ2) is 5.10. The van der Waals surface area contributed by atoms with E-state index in [4.69, 9.17) is 18.0 Å². The Balaban J connectivity index is 5.13. The van der Waals surface area contributed by atoms with E-state index in [1.165, 1.54) is 4.90 Å². The lowest BCUT2D eigenvalue weighted by Gasteiger charge is -2.39. The quantitative estimate of drug-likeness (QED) is 0.708. The molecule has 0 fully saturated rings. The summed E-state index contributed by atoms with van der Waals surface area (Å²) in [6.45, 7) is 7.09. The molecule has 4 nitrogen and oxygen atoms in total. The molecule has 1 unspecified atom stereocenters. The molecule has 0 aliphatic heterocycles. The Morgan fingerprint density at radius 1 is 1.44 bits per heavy atom. The minimum absolute atomic E-state index is 0.105. The third kappa shape index (κ3) is 2.71. The number of nitrogens with two attached hydrogens (primary N) is 1. The molecule has 0 aromatic rings. The topological polar surface area (TPSA) is 66.6 Å². The maximum Gasteiger partial charge on any atom is 0.235 e. The average Bonchev–Trinajstić information content (AvgIpc) is 2.25. The van der Waals surface area contributed by atoms with Crippen molar-refractivity contribution in [2.75, 3.05) is 13.7 Å². The van der Waals surface area contributed by atoms with E-state index < -0.39 is 11.0 Å². The molecule has 5 heteroatoms. The molecule has 3 N–H and O–H groups in total. The first-order valence-electron chi connectivity index (χ1n) is 5.32. The lowest BCUT2D eigenvalue weighted by molar-refractivity contribution is -0.142. The Morgan fingerprint density at radius 3 is 2.12 bits per heavy atom. The molecular formula is C11H22N2O2S. The second-order valence-electron chi connectivity index (χ2n) is 4.88. The van der Waals surface area contributed by atoms with E-state index in [2.05, 4.69) is 0 Å². The number of nitrogens with zero attached hydrogens (tertiary/aromatic N) is 1. The van der Waals surface area contributed by atoms with Gasteiger partial charge in [0, 0.05) is 7.05 Å². The van der Waals surface area contributed by atoms with Gasteiger partial charge in [0.15, 0.2) is 0 Å². The van der Waals surface area contributed by atoms with Crippen molar-refractivity contribution < 1.29 is 9.90 Å². The van der Waals surface area contributed by atoms with E-state index >= 15 is 0 Å². The zero-order valence-corrected chi connectivity index (χ0v) is 11.5. The van der Waals surface area contributed by atoms with Gasteiger partial charge < -0.3 is 15.7 Å². The highest BCUT2D eigenvalue weighted by Crippen LogP contribution is 2.27. The summed E-state index contributed by atoms with van der Waals surface area (Å²) in [7, 11) is 1.66. The Bertz CT molecular complexity index is 292. The van der Waals surface area contributed by atoms with Crippen molar-refractivity contribution in [1.82, 2.24) is 4.90 Å². The molecule has 0 heterocycles. The van der Waals surface area contributed by atoms with Crippen LogP contribution < -0.4 is 5.73 Å². The predicted molar refractivity (Wildman–Crippen MR) is 69.1 cm³/mol. The van der Waals surface area contributed by atoms with Gasteiger partial charge in [0.1, 0.15) is 0 Å². The van der Waals surface area contributed by atoms with Crippen LogP contribution in [0.25, 0.3) is 0 Å². The van der Waals surface area contributed by atoms with E-state index in [0.29, 0.717) is 6.42 Å². The van der Waals surface area contributed by atoms with E-state index in [9.17, 15) is 9.90 Å². The van der Waals surface area contributed by atoms with Crippen molar-refractivity contribution in [1.29, 1.82) is 0 Å². The number of hydrogen-bond donors (Lipinski definition) is 2. The molecule has 0 saturated carbocycles. The molecule has 0 bridgehead atoms. The molecular weight excluding hydrogens is 224 g/mol. The van der Waals surface area contributed by atoms with Gasteiger partial charge in [-0.2, -0.15) is 0 Å². The molecule has 0 rings (SSSR count). The van der Waals surface area contributed by atoms with Crippen molar-refractivity contribution in [3.8, 4) is 0 Å². The molecule has 0 aliphatic rings. The lowest BCUT2D eigenvalue weighted by Crippen LogP contribution is -2.55. The van der Waals surface area contributed by atoms with Gasteiger partial charge in [-0.15, -0.1) is 0 Å². The normalized spacial score (nSPS) is 15.4. The zero-order valence-electron chi connectivity index (χ0n) is 10.7. The maximum absolute atomic E-state index is 12.3. The fourth-order valence-corrected chi connectivity index (χ4v) is 1.41. The molecule has 0 aliphatic carbocycles. The van der Waals surface area contributed by atoms with E-state index in [0.717, 1.165) is 0 Å². The van der Waals surface area contributed by atoms with Crippen LogP contribution >= 0.6 is 12.2 Å². The number of aliphatic hydroxyl groups is 1. The van der Waals surface area contributed by atoms with Crippen LogP contribution in [-0.4, -0.2) is 40.1 Å². The van der Waals surface area contributed by atoms with Crippen molar-refractivity contribution in [3.63, 3.8) is 0 Å². The number of carbonyl (C=O) groups excluding carboxylic acids is 1. The highest BCUT2D eigenvalue weighted by molar-refractivity contribution is 7.80. The minimum atomic E-state index is -0.837. The number of hydrogen-bond acceptors (Lipinski definition) is 3. The monoisotopic (exact) mass is 246 g/mol. The van der Waals surface area contributed by atoms with Crippen LogP contribution in [-0.2, 0) is 4.79 Å². The van der Waals surface area contributed by atoms with Crippen LogP contribution in [0, 0.1) is 5.41 Å². The van der Waals surface area contributed by atoms with Crippen LogP contribution in [0.4, 0.5) is 0 Å². The first-order chi connectivity index (χ1) is 7.13. The molecule has 0 radical (unpaired) electrons. The summed E-state index contributed by atoms with van der Waals surface area (Å²) < 4.78 is 0. The van der Waals surface area contributed by atoms with Crippen molar-refractivity contribution in [2.24, 2.45) is 11.1 Å². The number of amides is 1. The number of rotatable bonds is 5. The van der Waals surface area contributed by atoms with Crippen LogP contribution in [0.15, 0.2) is 0 Å². The molecule has 0 saturated heterocycles. The largest absolute Gasteiger partial charge is 0.394 e. The third-order valence-electron chi connectivity index (χ3n) is 3.32. The van der Waals surface area contributed by atoms with Crippen molar-refractivity contribution in [3.05, 3.63) is 0 Å². The molecule has 0 aromatic carbocycles. The summed E-state index contributed by atoms with van der Waals surface area (Å²) in [5.74, 6) is -0.151. The SMILES string of the molecule is CCC(C)(C(=O)N(C)C(C)(C)CO)C(N)=S. The Kier molecular flexibility index (Phi) is 4.88. The molecule has 1 amide bonds. The summed E-state index contributed by atoms with van der Waals surface area (Å²) in [4.78, 5) is 14.0. The summed E-state index contributed by atoms with van der Waals surface area (Å²) in [5.41, 5.74) is 4.18. The highest BCUT2D eigenvalue weighted by atomic mass is 32.1. The standard InChI is InChI=1S/C11H22N2O2S/c1-6-11(4,8(12)16)9(15)13(5)10(2,3)7-14/h14H,6-7H2,1-5H3,(H2,12,16). The third-order valence-corrected chi connectivity index (χ3v) is 3.77. The van der Waals surface area contributed by atoms with Gasteiger partial charge in [0.05, 0.1) is 22.5 Å². The Morgan fingerprint density at radius 2 is 1.88 bits per heavy atom. The fraction of sp³-hybridized carbons (Fsp3) is 0.818. The van der Waals surface area contributed by atoms with Crippen molar-refractivity contribution in [2.45, 2.75) is 39.7 Å². The first kappa shape index (κ1) is 15.3. The van der Waals surface area contributed by atoms with E-state index in [-0.39, 0.29) is 17.5 Å². The summed E-state index contributed by atoms with van der Waals surface area (Å²) >= 11 is 4.95. The fourth-order valence-electron chi connectivity index (χ4n) is 1.18. The smallest absolute Gasteiger partial charge is 0.235 e. The zero-order chi connectivity index (χ0) is 13.1. The minimum Gasteiger partial charge on any atom is -0.394 e. The Labute approximate surface area is 103 Å². The summed E-state index contributed by atoms with van der Waals surface area (Å²) in [6, 6.07) is 0. The maximum atomic E-state index is 12.3. The van der Waals surface area contributed by atoms with Gasteiger partial charge in [0.25, 0.3) is 0 Å². The lowest BCUT2D eigenvalue weighted by atomic mass is 9.84. The Hall–Kier alpha value is -0.680. The predicted octanol–water partition coefficient (Wildman–Crippen LogP) is 0.918. The number of likely N-dealkylation sites (N-methyl/N-ethyl adjacent to an activating group) is 1. The van der Waals surface area contributed by atoms with Gasteiger partial charge in [-0.3, -0.25) is 4.79 Å². The van der Waals surface area contributed by atoms with Gasteiger partial charge in [0.2, 0.25) is 5.91 Å². The molecule has 0 aromatic heterocycles. The summed E-state index contributed by atoms with van der Waals surface area (Å²) in [6.07, 6.45) is 0.549. The van der Waals surface area contributed by atoms with Crippen molar-refractivity contribution >= 4 is 23.1 Å². The van der Waals surface area contributed by atoms with Crippen LogP contribution in [0.2, 0.25) is 0 Å². The van der Waals surface area contributed by atoms with Crippen LogP contribution in [0.1, 0.15) is 34.1 Å². The molecule has 1 atom stereocenters. The summed E-state index contributed by atoms with van der Waals surface area (Å²) in [5, 5.41) is 9.23. The first-order valence-corrected chi connectivity index (χ1v) is 5.73. The van der Waals surface area contributed by atoms with E-state index in [1.807, 2.05) is 6.92 Å². The molecule has 16 heavy (non-hydrogen) atoms. The van der Waals surface area contributed by atoms with Crippen LogP contribution in [0.3, 0.4) is 0 Å². The second-order valence-corrected chi connectivity index (χ2v) is 5.32. The highest BCUT2D eigenvalue weighted by Gasteiger charge is 2.40. The van der Waals surface area contributed by atoms with Crippen LogP contribution in [0.5, 0.6) is 0 Å². The molecule has 0 spiro atoms. The van der Waals surface area contributed by atoms with Gasteiger partial charge >= 0.3 is 0 Å². The number of thiocarbonyl (C=S) groups is 1.